The quantitative estimate of drug-likeness (QED) is 0.867. The Bertz CT molecular complexity index is 739. The minimum Gasteiger partial charge on any atom is -0.496 e. The standard InChI is InChI=1S/C18H19NO6/c1-21-13-8-14(22-2)10-15(9-13)25-11-18(20)19-12-3-4-16-17(7-12)24-6-5-23-16/h3-4,7-10H,5-6,11H2,1-2H3,(H,19,20). The Balaban J connectivity index is 1.60. The number of hydrogen-bond donors (Lipinski definition) is 1. The summed E-state index contributed by atoms with van der Waals surface area (Å²) in [6, 6.07) is 10.3. The van der Waals surface area contributed by atoms with E-state index in [1.54, 1.807) is 50.6 Å². The summed E-state index contributed by atoms with van der Waals surface area (Å²) < 4.78 is 26.8. The molecule has 0 saturated carbocycles. The first kappa shape index (κ1) is 16.8. The second-order valence-electron chi connectivity index (χ2n) is 5.24. The van der Waals surface area contributed by atoms with Crippen molar-refractivity contribution in [1.82, 2.24) is 0 Å². The zero-order valence-corrected chi connectivity index (χ0v) is 14.0. The van der Waals surface area contributed by atoms with E-state index in [4.69, 9.17) is 23.7 Å². The fourth-order valence-corrected chi connectivity index (χ4v) is 2.33. The fraction of sp³-hybridized carbons (Fsp3) is 0.278. The van der Waals surface area contributed by atoms with Gasteiger partial charge < -0.3 is 29.0 Å². The lowest BCUT2D eigenvalue weighted by Gasteiger charge is -2.19. The van der Waals surface area contributed by atoms with Crippen molar-refractivity contribution in [2.45, 2.75) is 0 Å². The smallest absolute Gasteiger partial charge is 0.262 e. The van der Waals surface area contributed by atoms with E-state index in [9.17, 15) is 4.79 Å². The van der Waals surface area contributed by atoms with Crippen LogP contribution in [-0.2, 0) is 4.79 Å². The largest absolute Gasteiger partial charge is 0.496 e. The highest BCUT2D eigenvalue weighted by molar-refractivity contribution is 5.92. The van der Waals surface area contributed by atoms with Gasteiger partial charge in [0.25, 0.3) is 5.91 Å². The van der Waals surface area contributed by atoms with Crippen molar-refractivity contribution in [2.75, 3.05) is 39.4 Å². The second kappa shape index (κ2) is 7.65. The molecule has 0 aromatic heterocycles. The molecule has 2 aromatic carbocycles. The summed E-state index contributed by atoms with van der Waals surface area (Å²) in [6.07, 6.45) is 0. The molecule has 0 saturated heterocycles. The van der Waals surface area contributed by atoms with E-state index < -0.39 is 0 Å². The maximum absolute atomic E-state index is 12.1. The number of amides is 1. The van der Waals surface area contributed by atoms with Gasteiger partial charge in [-0.3, -0.25) is 4.79 Å². The highest BCUT2D eigenvalue weighted by Crippen LogP contribution is 2.32. The molecule has 1 aliphatic heterocycles. The first-order valence-electron chi connectivity index (χ1n) is 7.73. The van der Waals surface area contributed by atoms with Crippen LogP contribution in [0.15, 0.2) is 36.4 Å². The van der Waals surface area contributed by atoms with Crippen molar-refractivity contribution < 1.29 is 28.5 Å². The number of anilines is 1. The van der Waals surface area contributed by atoms with Gasteiger partial charge in [0.2, 0.25) is 0 Å². The van der Waals surface area contributed by atoms with E-state index >= 15 is 0 Å². The zero-order chi connectivity index (χ0) is 17.6. The van der Waals surface area contributed by atoms with Gasteiger partial charge in [0, 0.05) is 30.0 Å². The van der Waals surface area contributed by atoms with Gasteiger partial charge in [-0.25, -0.2) is 0 Å². The molecule has 1 aliphatic rings. The number of hydrogen-bond acceptors (Lipinski definition) is 6. The summed E-state index contributed by atoms with van der Waals surface area (Å²) in [5.41, 5.74) is 0.612. The number of carbonyl (C=O) groups is 1. The number of nitrogens with one attached hydrogen (secondary N) is 1. The molecule has 1 N–H and O–H groups in total. The normalized spacial score (nSPS) is 12.2. The van der Waals surface area contributed by atoms with E-state index in [0.717, 1.165) is 0 Å². The van der Waals surface area contributed by atoms with Crippen LogP contribution in [-0.4, -0.2) is 39.9 Å². The molecule has 1 heterocycles. The minimum absolute atomic E-state index is 0.148. The molecule has 1 amide bonds. The molecule has 0 fully saturated rings. The lowest BCUT2D eigenvalue weighted by molar-refractivity contribution is -0.118. The van der Waals surface area contributed by atoms with Crippen molar-refractivity contribution in [3.63, 3.8) is 0 Å². The predicted octanol–water partition coefficient (Wildman–Crippen LogP) is 2.49. The van der Waals surface area contributed by atoms with Crippen LogP contribution < -0.4 is 29.0 Å². The monoisotopic (exact) mass is 345 g/mol. The topological polar surface area (TPSA) is 75.3 Å². The van der Waals surface area contributed by atoms with Crippen molar-refractivity contribution in [2.24, 2.45) is 0 Å². The summed E-state index contributed by atoms with van der Waals surface area (Å²) in [5, 5.41) is 2.76. The average molecular weight is 345 g/mol. The molecule has 0 aliphatic carbocycles. The van der Waals surface area contributed by atoms with Crippen molar-refractivity contribution in [3.8, 4) is 28.7 Å². The van der Waals surface area contributed by atoms with Crippen LogP contribution in [0.3, 0.4) is 0 Å². The number of methoxy groups -OCH3 is 2. The first-order chi connectivity index (χ1) is 12.2. The third-order valence-corrected chi connectivity index (χ3v) is 3.52. The Kier molecular flexibility index (Phi) is 5.13. The number of ether oxygens (including phenoxy) is 5. The molecule has 2 aromatic rings. The SMILES string of the molecule is COc1cc(OC)cc(OCC(=O)Nc2ccc3c(c2)OCCO3)c1. The van der Waals surface area contributed by atoms with Crippen LogP contribution >= 0.6 is 0 Å². The molecule has 0 bridgehead atoms. The maximum atomic E-state index is 12.1. The molecule has 25 heavy (non-hydrogen) atoms. The van der Waals surface area contributed by atoms with E-state index in [0.29, 0.717) is 47.6 Å². The van der Waals surface area contributed by atoms with E-state index in [-0.39, 0.29) is 12.5 Å². The van der Waals surface area contributed by atoms with Crippen LogP contribution in [0.5, 0.6) is 28.7 Å². The molecule has 0 unspecified atom stereocenters. The summed E-state index contributed by atoms with van der Waals surface area (Å²) in [5.74, 6) is 2.64. The highest BCUT2D eigenvalue weighted by Gasteiger charge is 2.13. The molecule has 0 radical (unpaired) electrons. The Morgan fingerprint density at radius 1 is 0.960 bits per heavy atom. The van der Waals surface area contributed by atoms with Gasteiger partial charge >= 0.3 is 0 Å². The molecule has 0 spiro atoms. The van der Waals surface area contributed by atoms with Crippen LogP contribution in [0.4, 0.5) is 5.69 Å². The van der Waals surface area contributed by atoms with Crippen LogP contribution in [0.2, 0.25) is 0 Å². The van der Waals surface area contributed by atoms with Gasteiger partial charge in [-0.15, -0.1) is 0 Å². The lowest BCUT2D eigenvalue weighted by Crippen LogP contribution is -2.20. The third-order valence-electron chi connectivity index (χ3n) is 3.52. The van der Waals surface area contributed by atoms with Gasteiger partial charge in [-0.2, -0.15) is 0 Å². The number of rotatable bonds is 6. The third kappa shape index (κ3) is 4.26. The lowest BCUT2D eigenvalue weighted by atomic mass is 10.2. The Hall–Kier alpha value is -3.09. The molecule has 0 atom stereocenters. The van der Waals surface area contributed by atoms with Crippen molar-refractivity contribution >= 4 is 11.6 Å². The summed E-state index contributed by atoms with van der Waals surface area (Å²) in [4.78, 5) is 12.1. The van der Waals surface area contributed by atoms with Gasteiger partial charge in [0.15, 0.2) is 18.1 Å². The average Bonchev–Trinajstić information content (AvgIpc) is 2.66. The first-order valence-corrected chi connectivity index (χ1v) is 7.73. The number of carbonyl (C=O) groups excluding carboxylic acids is 1. The van der Waals surface area contributed by atoms with Crippen molar-refractivity contribution in [3.05, 3.63) is 36.4 Å². The Morgan fingerprint density at radius 3 is 2.28 bits per heavy atom. The number of benzene rings is 2. The summed E-state index contributed by atoms with van der Waals surface area (Å²) in [7, 11) is 3.10. The van der Waals surface area contributed by atoms with Gasteiger partial charge in [-0.05, 0) is 12.1 Å². The molecule has 132 valence electrons. The van der Waals surface area contributed by atoms with Crippen LogP contribution in [0.25, 0.3) is 0 Å². The molecule has 7 heteroatoms. The maximum Gasteiger partial charge on any atom is 0.262 e. The van der Waals surface area contributed by atoms with Crippen molar-refractivity contribution in [1.29, 1.82) is 0 Å². The van der Waals surface area contributed by atoms with Crippen LogP contribution in [0, 0.1) is 0 Å². The number of fused-ring (bicyclic) bond motifs is 1. The van der Waals surface area contributed by atoms with Gasteiger partial charge in [0.05, 0.1) is 14.2 Å². The van der Waals surface area contributed by atoms with Crippen LogP contribution in [0.1, 0.15) is 0 Å². The molecule has 3 rings (SSSR count). The Morgan fingerprint density at radius 2 is 1.60 bits per heavy atom. The van der Waals surface area contributed by atoms with E-state index in [2.05, 4.69) is 5.32 Å². The van der Waals surface area contributed by atoms with E-state index in [1.165, 1.54) is 0 Å². The summed E-state index contributed by atoms with van der Waals surface area (Å²) >= 11 is 0. The fourth-order valence-electron chi connectivity index (χ4n) is 2.33. The Labute approximate surface area is 145 Å². The van der Waals surface area contributed by atoms with Gasteiger partial charge in [-0.1, -0.05) is 0 Å². The zero-order valence-electron chi connectivity index (χ0n) is 14.0. The highest BCUT2D eigenvalue weighted by atomic mass is 16.6. The minimum atomic E-state index is -0.293. The van der Waals surface area contributed by atoms with Gasteiger partial charge in [0.1, 0.15) is 30.5 Å². The predicted molar refractivity (Wildman–Crippen MR) is 91.1 cm³/mol. The molecular formula is C18H19NO6. The molecule has 7 nitrogen and oxygen atoms in total. The second-order valence-corrected chi connectivity index (χ2v) is 5.24. The molecular weight excluding hydrogens is 326 g/mol. The van der Waals surface area contributed by atoms with E-state index in [1.807, 2.05) is 0 Å². The summed E-state index contributed by atoms with van der Waals surface area (Å²) in [6.45, 7) is 0.868.